The van der Waals surface area contributed by atoms with Crippen molar-refractivity contribution in [3.8, 4) is 0 Å². The quantitative estimate of drug-likeness (QED) is 0.516. The van der Waals surface area contributed by atoms with E-state index in [-0.39, 0.29) is 5.91 Å². The van der Waals surface area contributed by atoms with Gasteiger partial charge in [-0.1, -0.05) is 0 Å². The van der Waals surface area contributed by atoms with Gasteiger partial charge in [-0.2, -0.15) is 0 Å². The van der Waals surface area contributed by atoms with E-state index in [2.05, 4.69) is 10.6 Å². The Hall–Kier alpha value is -1.83. The lowest BCUT2D eigenvalue weighted by atomic mass is 9.97. The first-order valence-electron chi connectivity index (χ1n) is 6.57. The van der Waals surface area contributed by atoms with Crippen molar-refractivity contribution in [2.24, 2.45) is 5.92 Å². The topological polar surface area (TPSA) is 119 Å². The first-order valence-corrected chi connectivity index (χ1v) is 6.57. The number of carboxylic acids is 1. The standard InChI is InChI=1S/C12H21N3O5/c1-8(17)13-6-9-2-4-15(5-3-9)12(20)14-10(7-16)11(18)19/h9-10,16H,2-7H2,1H3,(H,13,17)(H,14,20)(H,18,19)/t10-/m1/s1. The van der Waals surface area contributed by atoms with Gasteiger partial charge < -0.3 is 25.7 Å². The molecular weight excluding hydrogens is 266 g/mol. The Balaban J connectivity index is 2.35. The number of carbonyl (C=O) groups is 3. The molecule has 20 heavy (non-hydrogen) atoms. The fourth-order valence-corrected chi connectivity index (χ4v) is 2.05. The van der Waals surface area contributed by atoms with Crippen molar-refractivity contribution in [2.45, 2.75) is 25.8 Å². The van der Waals surface area contributed by atoms with Crippen molar-refractivity contribution in [1.29, 1.82) is 0 Å². The van der Waals surface area contributed by atoms with Crippen LogP contribution in [0.25, 0.3) is 0 Å². The summed E-state index contributed by atoms with van der Waals surface area (Å²) in [7, 11) is 0. The smallest absolute Gasteiger partial charge is 0.328 e. The first-order chi connectivity index (χ1) is 9.43. The summed E-state index contributed by atoms with van der Waals surface area (Å²) >= 11 is 0. The van der Waals surface area contributed by atoms with Crippen molar-refractivity contribution in [1.82, 2.24) is 15.5 Å². The van der Waals surface area contributed by atoms with Crippen LogP contribution >= 0.6 is 0 Å². The molecule has 114 valence electrons. The molecule has 0 spiro atoms. The van der Waals surface area contributed by atoms with E-state index in [4.69, 9.17) is 10.2 Å². The Morgan fingerprint density at radius 3 is 2.35 bits per heavy atom. The molecule has 0 saturated carbocycles. The van der Waals surface area contributed by atoms with E-state index in [9.17, 15) is 14.4 Å². The van der Waals surface area contributed by atoms with Gasteiger partial charge in [0.25, 0.3) is 0 Å². The predicted molar refractivity (Wildman–Crippen MR) is 70.0 cm³/mol. The summed E-state index contributed by atoms with van der Waals surface area (Å²) in [5.41, 5.74) is 0. The van der Waals surface area contributed by atoms with Gasteiger partial charge in [0, 0.05) is 26.6 Å². The number of carboxylic acid groups (broad SMARTS) is 1. The van der Waals surface area contributed by atoms with Crippen LogP contribution in [0.5, 0.6) is 0 Å². The first kappa shape index (κ1) is 16.2. The molecule has 1 atom stereocenters. The number of piperidine rings is 1. The number of urea groups is 1. The van der Waals surface area contributed by atoms with Crippen LogP contribution in [0.15, 0.2) is 0 Å². The Bertz CT molecular complexity index is 366. The molecule has 1 saturated heterocycles. The predicted octanol–water partition coefficient (Wildman–Crippen LogP) is -1.01. The maximum atomic E-state index is 11.8. The Morgan fingerprint density at radius 1 is 1.30 bits per heavy atom. The molecule has 1 aliphatic heterocycles. The van der Waals surface area contributed by atoms with Crippen LogP contribution in [0.1, 0.15) is 19.8 Å². The zero-order valence-electron chi connectivity index (χ0n) is 11.5. The van der Waals surface area contributed by atoms with Crippen molar-refractivity contribution < 1.29 is 24.6 Å². The summed E-state index contributed by atoms with van der Waals surface area (Å²) in [6, 6.07) is -1.76. The van der Waals surface area contributed by atoms with E-state index >= 15 is 0 Å². The summed E-state index contributed by atoms with van der Waals surface area (Å²) in [5, 5.41) is 22.6. The molecule has 1 heterocycles. The monoisotopic (exact) mass is 287 g/mol. The summed E-state index contributed by atoms with van der Waals surface area (Å²) in [6.07, 6.45) is 1.51. The minimum Gasteiger partial charge on any atom is -0.480 e. The number of hydrogen-bond acceptors (Lipinski definition) is 4. The number of likely N-dealkylation sites (tertiary alicyclic amines) is 1. The number of aliphatic carboxylic acids is 1. The van der Waals surface area contributed by atoms with Crippen LogP contribution in [0.2, 0.25) is 0 Å². The molecule has 0 radical (unpaired) electrons. The summed E-state index contributed by atoms with van der Waals surface area (Å²) in [4.78, 5) is 34.9. The number of nitrogens with zero attached hydrogens (tertiary/aromatic N) is 1. The highest BCUT2D eigenvalue weighted by molar-refractivity contribution is 5.82. The summed E-state index contributed by atoms with van der Waals surface area (Å²) in [6.45, 7) is 2.43. The minimum absolute atomic E-state index is 0.0718. The van der Waals surface area contributed by atoms with E-state index in [1.54, 1.807) is 0 Å². The maximum absolute atomic E-state index is 11.8. The van der Waals surface area contributed by atoms with Crippen LogP contribution in [0.3, 0.4) is 0 Å². The van der Waals surface area contributed by atoms with Crippen molar-refractivity contribution in [3.63, 3.8) is 0 Å². The zero-order chi connectivity index (χ0) is 15.1. The van der Waals surface area contributed by atoms with Crippen LogP contribution in [0.4, 0.5) is 4.79 Å². The molecule has 1 rings (SSSR count). The number of rotatable bonds is 5. The van der Waals surface area contributed by atoms with Crippen LogP contribution in [-0.2, 0) is 9.59 Å². The molecule has 0 aromatic rings. The lowest BCUT2D eigenvalue weighted by Gasteiger charge is -2.32. The van der Waals surface area contributed by atoms with Gasteiger partial charge >= 0.3 is 12.0 Å². The van der Waals surface area contributed by atoms with Gasteiger partial charge in [-0.15, -0.1) is 0 Å². The lowest BCUT2D eigenvalue weighted by molar-refractivity contribution is -0.140. The number of nitrogens with one attached hydrogen (secondary N) is 2. The molecular formula is C12H21N3O5. The lowest BCUT2D eigenvalue weighted by Crippen LogP contribution is -2.51. The van der Waals surface area contributed by atoms with Gasteiger partial charge in [0.15, 0.2) is 6.04 Å². The molecule has 0 bridgehead atoms. The second-order valence-electron chi connectivity index (χ2n) is 4.89. The Kier molecular flexibility index (Phi) is 6.23. The molecule has 1 fully saturated rings. The molecule has 8 heteroatoms. The molecule has 4 N–H and O–H groups in total. The second kappa shape index (κ2) is 7.68. The highest BCUT2D eigenvalue weighted by Crippen LogP contribution is 2.16. The summed E-state index contributed by atoms with van der Waals surface area (Å²) < 4.78 is 0. The van der Waals surface area contributed by atoms with E-state index in [0.717, 1.165) is 12.8 Å². The second-order valence-corrected chi connectivity index (χ2v) is 4.89. The Labute approximate surface area is 117 Å². The van der Waals surface area contributed by atoms with E-state index in [0.29, 0.717) is 25.6 Å². The largest absolute Gasteiger partial charge is 0.480 e. The van der Waals surface area contributed by atoms with Crippen molar-refractivity contribution >= 4 is 17.9 Å². The van der Waals surface area contributed by atoms with E-state index < -0.39 is 24.6 Å². The van der Waals surface area contributed by atoms with Crippen LogP contribution in [0, 0.1) is 5.92 Å². The van der Waals surface area contributed by atoms with Gasteiger partial charge in [0.2, 0.25) is 5.91 Å². The summed E-state index contributed by atoms with van der Waals surface area (Å²) in [5.74, 6) is -1.00. The van der Waals surface area contributed by atoms with Gasteiger partial charge in [-0.25, -0.2) is 9.59 Å². The van der Waals surface area contributed by atoms with Crippen LogP contribution in [-0.4, -0.2) is 65.3 Å². The highest BCUT2D eigenvalue weighted by Gasteiger charge is 2.26. The normalized spacial score (nSPS) is 17.4. The van der Waals surface area contributed by atoms with Gasteiger partial charge in [0.05, 0.1) is 6.61 Å². The van der Waals surface area contributed by atoms with Gasteiger partial charge in [-0.05, 0) is 18.8 Å². The third-order valence-corrected chi connectivity index (χ3v) is 3.32. The number of aliphatic hydroxyl groups is 1. The molecule has 0 unspecified atom stereocenters. The molecule has 0 aromatic heterocycles. The number of carbonyl (C=O) groups excluding carboxylic acids is 2. The van der Waals surface area contributed by atoms with Gasteiger partial charge in [0.1, 0.15) is 0 Å². The third kappa shape index (κ3) is 5.04. The fraction of sp³-hybridized carbons (Fsp3) is 0.750. The van der Waals surface area contributed by atoms with E-state index in [1.807, 2.05) is 0 Å². The van der Waals surface area contributed by atoms with Gasteiger partial charge in [-0.3, -0.25) is 4.79 Å². The molecule has 0 aromatic carbocycles. The average molecular weight is 287 g/mol. The number of aliphatic hydroxyl groups excluding tert-OH is 1. The van der Waals surface area contributed by atoms with E-state index in [1.165, 1.54) is 11.8 Å². The maximum Gasteiger partial charge on any atom is 0.328 e. The van der Waals surface area contributed by atoms with Crippen LogP contribution < -0.4 is 10.6 Å². The van der Waals surface area contributed by atoms with Crippen molar-refractivity contribution in [3.05, 3.63) is 0 Å². The third-order valence-electron chi connectivity index (χ3n) is 3.32. The van der Waals surface area contributed by atoms with Crippen molar-refractivity contribution in [2.75, 3.05) is 26.2 Å². The Morgan fingerprint density at radius 2 is 1.90 bits per heavy atom. The molecule has 8 nitrogen and oxygen atoms in total. The SMILES string of the molecule is CC(=O)NCC1CCN(C(=O)N[C@H](CO)C(=O)O)CC1. The molecule has 0 aliphatic carbocycles. The molecule has 1 aliphatic rings. The zero-order valence-corrected chi connectivity index (χ0v) is 11.5. The fourth-order valence-electron chi connectivity index (χ4n) is 2.05. The molecule has 3 amide bonds. The number of amides is 3. The number of hydrogen-bond donors (Lipinski definition) is 4. The minimum atomic E-state index is -1.28. The highest BCUT2D eigenvalue weighted by atomic mass is 16.4. The average Bonchev–Trinajstić information content (AvgIpc) is 2.42.